The maximum absolute atomic E-state index is 13.1. The number of ether oxygens (including phenoxy) is 1. The van der Waals surface area contributed by atoms with Crippen LogP contribution in [-0.2, 0) is 4.79 Å². The van der Waals surface area contributed by atoms with Crippen LogP contribution in [0.3, 0.4) is 0 Å². The number of hydrogen-bond donors (Lipinski definition) is 1. The van der Waals surface area contributed by atoms with Crippen molar-refractivity contribution in [2.75, 3.05) is 36.4 Å². The van der Waals surface area contributed by atoms with Crippen LogP contribution in [0.5, 0.6) is 5.75 Å². The van der Waals surface area contributed by atoms with Gasteiger partial charge in [-0.2, -0.15) is 10.2 Å². The Kier molecular flexibility index (Phi) is 6.56. The van der Waals surface area contributed by atoms with Crippen molar-refractivity contribution in [1.82, 2.24) is 15.1 Å². The van der Waals surface area contributed by atoms with Crippen LogP contribution in [-0.4, -0.2) is 59.2 Å². The number of likely N-dealkylation sites (tertiary alicyclic amines) is 1. The molecule has 0 saturated carbocycles. The molecule has 9 heteroatoms. The van der Waals surface area contributed by atoms with E-state index in [1.807, 2.05) is 30.3 Å². The number of halogens is 1. The number of nitrogens with one attached hydrogen (secondary N) is 1. The lowest BCUT2D eigenvalue weighted by molar-refractivity contribution is -0.120. The van der Waals surface area contributed by atoms with Crippen molar-refractivity contribution in [3.05, 3.63) is 78.4 Å². The summed E-state index contributed by atoms with van der Waals surface area (Å²) in [5.41, 5.74) is 2.19. The Bertz CT molecular complexity index is 1160. The van der Waals surface area contributed by atoms with Crippen LogP contribution in [0.25, 0.3) is 0 Å². The minimum absolute atomic E-state index is 0.00451. The summed E-state index contributed by atoms with van der Waals surface area (Å²) in [6.07, 6.45) is 4.78. The zero-order valence-electron chi connectivity index (χ0n) is 19.1. The highest BCUT2D eigenvalue weighted by Gasteiger charge is 2.33. The summed E-state index contributed by atoms with van der Waals surface area (Å²) >= 11 is 0. The SMILES string of the molecule is O=C(Nc1ccc(OC2CCN(C(=O)c3ccc(F)cc3)CC2)cc1)C1CN(c2ccnnc2)C1. The molecule has 2 fully saturated rings. The van der Waals surface area contributed by atoms with Gasteiger partial charge in [0.05, 0.1) is 24.0 Å². The van der Waals surface area contributed by atoms with E-state index < -0.39 is 0 Å². The molecule has 0 unspecified atom stereocenters. The van der Waals surface area contributed by atoms with Crippen LogP contribution in [0.15, 0.2) is 67.0 Å². The van der Waals surface area contributed by atoms with E-state index in [4.69, 9.17) is 4.74 Å². The first-order valence-electron chi connectivity index (χ1n) is 11.7. The van der Waals surface area contributed by atoms with Crippen LogP contribution in [0.1, 0.15) is 23.2 Å². The van der Waals surface area contributed by atoms with Crippen LogP contribution >= 0.6 is 0 Å². The molecule has 0 aliphatic carbocycles. The van der Waals surface area contributed by atoms with Gasteiger partial charge in [-0.05, 0) is 54.6 Å². The van der Waals surface area contributed by atoms with Gasteiger partial charge in [0.1, 0.15) is 17.7 Å². The highest BCUT2D eigenvalue weighted by Crippen LogP contribution is 2.26. The van der Waals surface area contributed by atoms with Gasteiger partial charge < -0.3 is 19.9 Å². The summed E-state index contributed by atoms with van der Waals surface area (Å²) in [7, 11) is 0. The molecule has 2 saturated heterocycles. The Hall–Kier alpha value is -4.01. The van der Waals surface area contributed by atoms with Gasteiger partial charge in [0.25, 0.3) is 5.91 Å². The number of rotatable bonds is 6. The summed E-state index contributed by atoms with van der Waals surface area (Å²) in [6, 6.07) is 14.9. The zero-order chi connectivity index (χ0) is 24.2. The fourth-order valence-corrected chi connectivity index (χ4v) is 4.33. The molecule has 0 spiro atoms. The molecule has 5 rings (SSSR count). The minimum atomic E-state index is -0.354. The second-order valence-electron chi connectivity index (χ2n) is 8.83. The largest absolute Gasteiger partial charge is 0.490 e. The van der Waals surface area contributed by atoms with E-state index in [9.17, 15) is 14.0 Å². The Morgan fingerprint density at radius 3 is 2.31 bits per heavy atom. The number of anilines is 2. The molecule has 0 atom stereocenters. The Morgan fingerprint density at radius 1 is 0.943 bits per heavy atom. The standard InChI is InChI=1S/C26H26FN5O3/c27-20-3-1-18(2-4-20)26(34)31-13-10-24(11-14-31)35-23-7-5-21(6-8-23)30-25(33)19-16-32(17-19)22-9-12-28-29-15-22/h1-9,12,15,19,24H,10-11,13-14,16-17H2,(H,30,33). The highest BCUT2D eigenvalue weighted by molar-refractivity contribution is 5.95. The Balaban J connectivity index is 1.06. The van der Waals surface area contributed by atoms with Gasteiger partial charge in [-0.15, -0.1) is 0 Å². The van der Waals surface area contributed by atoms with Crippen molar-refractivity contribution in [2.24, 2.45) is 5.92 Å². The average molecular weight is 476 g/mol. The molecule has 1 N–H and O–H groups in total. The number of hydrogen-bond acceptors (Lipinski definition) is 6. The Morgan fingerprint density at radius 2 is 1.66 bits per heavy atom. The molecule has 0 bridgehead atoms. The molecule has 1 aromatic heterocycles. The normalized spacial score (nSPS) is 16.5. The quantitative estimate of drug-likeness (QED) is 0.588. The predicted octanol–water partition coefficient (Wildman–Crippen LogP) is 3.37. The van der Waals surface area contributed by atoms with Crippen molar-refractivity contribution in [1.29, 1.82) is 0 Å². The van der Waals surface area contributed by atoms with Crippen LogP contribution < -0.4 is 15.0 Å². The monoisotopic (exact) mass is 475 g/mol. The molecule has 3 aromatic rings. The van der Waals surface area contributed by atoms with Crippen molar-refractivity contribution < 1.29 is 18.7 Å². The predicted molar refractivity (Wildman–Crippen MR) is 129 cm³/mol. The number of carbonyl (C=O) groups excluding carboxylic acids is 2. The molecule has 2 aromatic carbocycles. The van der Waals surface area contributed by atoms with Gasteiger partial charge in [0.15, 0.2) is 0 Å². The van der Waals surface area contributed by atoms with Gasteiger partial charge >= 0.3 is 0 Å². The summed E-state index contributed by atoms with van der Waals surface area (Å²) in [5.74, 6) is 0.214. The topological polar surface area (TPSA) is 87.7 Å². The van der Waals surface area contributed by atoms with Gasteiger partial charge in [-0.3, -0.25) is 9.59 Å². The van der Waals surface area contributed by atoms with Crippen LogP contribution in [0.2, 0.25) is 0 Å². The maximum atomic E-state index is 13.1. The third kappa shape index (κ3) is 5.40. The van der Waals surface area contributed by atoms with Gasteiger partial charge in [-0.25, -0.2) is 4.39 Å². The van der Waals surface area contributed by atoms with Crippen molar-refractivity contribution in [3.8, 4) is 5.75 Å². The van der Waals surface area contributed by atoms with Gasteiger partial charge in [0.2, 0.25) is 5.91 Å². The first-order valence-corrected chi connectivity index (χ1v) is 11.7. The highest BCUT2D eigenvalue weighted by atomic mass is 19.1. The first-order chi connectivity index (χ1) is 17.0. The first kappa shape index (κ1) is 22.8. The molecule has 3 heterocycles. The molecule has 2 amide bonds. The number of piperidine rings is 1. The fraction of sp³-hybridized carbons (Fsp3) is 0.308. The maximum Gasteiger partial charge on any atom is 0.253 e. The van der Waals surface area contributed by atoms with E-state index in [1.54, 1.807) is 17.3 Å². The minimum Gasteiger partial charge on any atom is -0.490 e. The van der Waals surface area contributed by atoms with Crippen molar-refractivity contribution >= 4 is 23.2 Å². The van der Waals surface area contributed by atoms with Gasteiger partial charge in [-0.1, -0.05) is 0 Å². The van der Waals surface area contributed by atoms with Crippen molar-refractivity contribution in [3.63, 3.8) is 0 Å². The van der Waals surface area contributed by atoms with E-state index in [1.165, 1.54) is 24.3 Å². The lowest BCUT2D eigenvalue weighted by Crippen LogP contribution is -2.52. The van der Waals surface area contributed by atoms with Crippen molar-refractivity contribution in [2.45, 2.75) is 18.9 Å². The van der Waals surface area contributed by atoms with Crippen LogP contribution in [0, 0.1) is 11.7 Å². The number of carbonyl (C=O) groups is 2. The Labute approximate surface area is 202 Å². The lowest BCUT2D eigenvalue weighted by atomic mass is 9.98. The molecule has 2 aliphatic rings. The van der Waals surface area contributed by atoms with E-state index in [0.717, 1.165) is 30.0 Å². The van der Waals surface area contributed by atoms with Gasteiger partial charge in [0, 0.05) is 50.3 Å². The molecule has 2 aliphatic heterocycles. The summed E-state index contributed by atoms with van der Waals surface area (Å²) in [4.78, 5) is 29.0. The molecule has 180 valence electrons. The molecule has 35 heavy (non-hydrogen) atoms. The second-order valence-corrected chi connectivity index (χ2v) is 8.83. The lowest BCUT2D eigenvalue weighted by Gasteiger charge is -2.39. The summed E-state index contributed by atoms with van der Waals surface area (Å²) in [6.45, 7) is 2.48. The fourth-order valence-electron chi connectivity index (χ4n) is 4.33. The third-order valence-electron chi connectivity index (χ3n) is 6.43. The molecular weight excluding hydrogens is 449 g/mol. The average Bonchev–Trinajstić information content (AvgIpc) is 2.85. The molecule has 8 nitrogen and oxygen atoms in total. The van der Waals surface area contributed by atoms with Crippen LogP contribution in [0.4, 0.5) is 15.8 Å². The summed E-state index contributed by atoms with van der Waals surface area (Å²) < 4.78 is 19.2. The van der Waals surface area contributed by atoms with E-state index in [-0.39, 0.29) is 29.7 Å². The smallest absolute Gasteiger partial charge is 0.253 e. The zero-order valence-corrected chi connectivity index (χ0v) is 19.1. The van der Waals surface area contributed by atoms with E-state index in [2.05, 4.69) is 20.4 Å². The summed E-state index contributed by atoms with van der Waals surface area (Å²) in [5, 5.41) is 10.6. The number of nitrogens with zero attached hydrogens (tertiary/aromatic N) is 4. The molecular formula is C26H26FN5O3. The number of aromatic nitrogens is 2. The number of amides is 2. The third-order valence-corrected chi connectivity index (χ3v) is 6.43. The number of benzene rings is 2. The van der Waals surface area contributed by atoms with E-state index >= 15 is 0 Å². The van der Waals surface area contributed by atoms with E-state index in [0.29, 0.717) is 31.7 Å². The second kappa shape index (κ2) is 10.1. The molecule has 0 radical (unpaired) electrons.